The SMILES string of the molecule is CC(C)n1cc(-c2ccc(Cl)c(CC(NC(=O)OC3CCC3)C(=O)Nc3ccc(-c4nncn4C)cc3)c2)ccc1=O. The Morgan fingerprint density at radius 2 is 1.76 bits per heavy atom. The molecular formula is C31H33ClN6O4. The lowest BCUT2D eigenvalue weighted by atomic mass is 9.96. The first-order chi connectivity index (χ1) is 20.2. The highest BCUT2D eigenvalue weighted by molar-refractivity contribution is 6.31. The normalized spacial score (nSPS) is 13.8. The fourth-order valence-corrected chi connectivity index (χ4v) is 4.91. The van der Waals surface area contributed by atoms with Crippen molar-refractivity contribution in [3.8, 4) is 22.5 Å². The first-order valence-corrected chi connectivity index (χ1v) is 14.3. The Morgan fingerprint density at radius 3 is 2.40 bits per heavy atom. The number of rotatable bonds is 9. The van der Waals surface area contributed by atoms with Crippen molar-refractivity contribution in [2.24, 2.45) is 7.05 Å². The molecule has 4 aromatic rings. The molecule has 0 bridgehead atoms. The number of aromatic nitrogens is 4. The van der Waals surface area contributed by atoms with Crippen LogP contribution in [0.5, 0.6) is 0 Å². The van der Waals surface area contributed by atoms with Gasteiger partial charge in [-0.05, 0) is 92.3 Å². The van der Waals surface area contributed by atoms with Crippen LogP contribution >= 0.6 is 11.6 Å². The number of anilines is 1. The maximum atomic E-state index is 13.5. The molecule has 11 heteroatoms. The molecular weight excluding hydrogens is 556 g/mol. The number of pyridine rings is 1. The number of ether oxygens (including phenoxy) is 1. The van der Waals surface area contributed by atoms with Crippen LogP contribution in [0.3, 0.4) is 0 Å². The van der Waals surface area contributed by atoms with Gasteiger partial charge < -0.3 is 24.5 Å². The monoisotopic (exact) mass is 588 g/mol. The van der Waals surface area contributed by atoms with E-state index in [4.69, 9.17) is 16.3 Å². The summed E-state index contributed by atoms with van der Waals surface area (Å²) in [5, 5.41) is 14.1. The number of hydrogen-bond acceptors (Lipinski definition) is 6. The summed E-state index contributed by atoms with van der Waals surface area (Å²) in [5.74, 6) is 0.284. The van der Waals surface area contributed by atoms with Crippen LogP contribution < -0.4 is 16.2 Å². The Morgan fingerprint density at radius 1 is 1.05 bits per heavy atom. The van der Waals surface area contributed by atoms with Gasteiger partial charge in [0, 0.05) is 48.0 Å². The molecule has 10 nitrogen and oxygen atoms in total. The van der Waals surface area contributed by atoms with Crippen molar-refractivity contribution in [1.29, 1.82) is 0 Å². The van der Waals surface area contributed by atoms with E-state index in [2.05, 4.69) is 20.8 Å². The average molecular weight is 589 g/mol. The number of benzene rings is 2. The summed E-state index contributed by atoms with van der Waals surface area (Å²) >= 11 is 6.59. The van der Waals surface area contributed by atoms with E-state index >= 15 is 0 Å². The number of amides is 2. The van der Waals surface area contributed by atoms with Gasteiger partial charge in [-0.2, -0.15) is 0 Å². The summed E-state index contributed by atoms with van der Waals surface area (Å²) in [6.07, 6.45) is 5.41. The molecule has 0 spiro atoms. The van der Waals surface area contributed by atoms with Crippen LogP contribution in [0.2, 0.25) is 5.02 Å². The Bertz CT molecular complexity index is 1640. The molecule has 1 atom stereocenters. The number of nitrogens with zero attached hydrogens (tertiary/aromatic N) is 4. The van der Waals surface area contributed by atoms with E-state index in [1.54, 1.807) is 39.7 Å². The zero-order valence-corrected chi connectivity index (χ0v) is 24.5. The Labute approximate surface area is 248 Å². The second-order valence-corrected chi connectivity index (χ2v) is 11.2. The van der Waals surface area contributed by atoms with Crippen molar-refractivity contribution in [2.45, 2.75) is 57.7 Å². The third-order valence-electron chi connectivity index (χ3n) is 7.35. The second-order valence-electron chi connectivity index (χ2n) is 10.8. The van der Waals surface area contributed by atoms with Gasteiger partial charge in [-0.15, -0.1) is 10.2 Å². The third kappa shape index (κ3) is 6.71. The summed E-state index contributed by atoms with van der Waals surface area (Å²) < 4.78 is 8.94. The predicted molar refractivity (Wildman–Crippen MR) is 161 cm³/mol. The number of alkyl carbamates (subject to hydrolysis) is 1. The van der Waals surface area contributed by atoms with Crippen molar-refractivity contribution in [1.82, 2.24) is 24.6 Å². The molecule has 2 heterocycles. The van der Waals surface area contributed by atoms with Crippen molar-refractivity contribution in [3.63, 3.8) is 0 Å². The standard InChI is InChI=1S/C31H33ClN6O4/c1-19(2)38-17-22(10-14-28(38)39)21-9-13-26(32)23(15-21)16-27(35-31(41)42-25-5-4-6-25)30(40)34-24-11-7-20(8-12-24)29-36-33-18-37(29)3/h7-15,17-19,25,27H,4-6,16H2,1-3H3,(H,34,40)(H,35,41). The van der Waals surface area contributed by atoms with E-state index in [9.17, 15) is 14.4 Å². The van der Waals surface area contributed by atoms with Gasteiger partial charge >= 0.3 is 6.09 Å². The Hall–Kier alpha value is -4.44. The molecule has 2 amide bonds. The minimum Gasteiger partial charge on any atom is -0.446 e. The molecule has 1 unspecified atom stereocenters. The molecule has 2 N–H and O–H groups in total. The molecule has 42 heavy (non-hydrogen) atoms. The second kappa shape index (κ2) is 12.6. The van der Waals surface area contributed by atoms with Gasteiger partial charge in [0.05, 0.1) is 0 Å². The molecule has 1 aliphatic carbocycles. The molecule has 1 aliphatic rings. The van der Waals surface area contributed by atoms with E-state index in [1.165, 1.54) is 6.07 Å². The van der Waals surface area contributed by atoms with Crippen molar-refractivity contribution in [2.75, 3.05) is 5.32 Å². The lowest BCUT2D eigenvalue weighted by molar-refractivity contribution is -0.118. The lowest BCUT2D eigenvalue weighted by Crippen LogP contribution is -2.46. The minimum atomic E-state index is -0.964. The first kappa shape index (κ1) is 29.1. The van der Waals surface area contributed by atoms with Crippen LogP contribution in [-0.2, 0) is 23.0 Å². The number of hydrogen-bond donors (Lipinski definition) is 2. The highest BCUT2D eigenvalue weighted by Gasteiger charge is 2.27. The number of carbonyl (C=O) groups excluding carboxylic acids is 2. The summed E-state index contributed by atoms with van der Waals surface area (Å²) in [4.78, 5) is 38.5. The average Bonchev–Trinajstić information content (AvgIpc) is 3.37. The van der Waals surface area contributed by atoms with Gasteiger partial charge in [0.25, 0.3) is 5.56 Å². The minimum absolute atomic E-state index is 0.00219. The van der Waals surface area contributed by atoms with Crippen LogP contribution in [0.4, 0.5) is 10.5 Å². The highest BCUT2D eigenvalue weighted by Crippen LogP contribution is 2.27. The Kier molecular flexibility index (Phi) is 8.72. The van der Waals surface area contributed by atoms with Gasteiger partial charge in [0.15, 0.2) is 5.82 Å². The largest absolute Gasteiger partial charge is 0.446 e. The fourth-order valence-electron chi connectivity index (χ4n) is 4.71. The fraction of sp³-hybridized carbons (Fsp3) is 0.323. The van der Waals surface area contributed by atoms with Crippen LogP contribution in [0.25, 0.3) is 22.5 Å². The van der Waals surface area contributed by atoms with E-state index in [0.29, 0.717) is 22.1 Å². The number of aryl methyl sites for hydroxylation is 1. The van der Waals surface area contributed by atoms with Gasteiger partial charge in [0.1, 0.15) is 18.5 Å². The van der Waals surface area contributed by atoms with Crippen molar-refractivity contribution < 1.29 is 14.3 Å². The van der Waals surface area contributed by atoms with Crippen molar-refractivity contribution >= 4 is 29.3 Å². The molecule has 0 saturated heterocycles. The van der Waals surface area contributed by atoms with E-state index in [0.717, 1.165) is 36.0 Å². The van der Waals surface area contributed by atoms with Gasteiger partial charge in [0.2, 0.25) is 5.91 Å². The lowest BCUT2D eigenvalue weighted by Gasteiger charge is -2.27. The molecule has 0 radical (unpaired) electrons. The molecule has 5 rings (SSSR count). The summed E-state index contributed by atoms with van der Waals surface area (Å²) in [6.45, 7) is 3.89. The van der Waals surface area contributed by atoms with Gasteiger partial charge in [-0.1, -0.05) is 17.7 Å². The van der Waals surface area contributed by atoms with Crippen LogP contribution in [0, 0.1) is 0 Å². The molecule has 2 aromatic heterocycles. The van der Waals surface area contributed by atoms with Crippen molar-refractivity contribution in [3.05, 3.63) is 88.1 Å². The molecule has 2 aromatic carbocycles. The van der Waals surface area contributed by atoms with E-state index < -0.39 is 18.0 Å². The van der Waals surface area contributed by atoms with E-state index in [1.807, 2.05) is 51.4 Å². The third-order valence-corrected chi connectivity index (χ3v) is 7.72. The number of carbonyl (C=O) groups is 2. The topological polar surface area (TPSA) is 120 Å². The summed E-state index contributed by atoms with van der Waals surface area (Å²) in [7, 11) is 1.85. The smallest absolute Gasteiger partial charge is 0.408 e. The summed E-state index contributed by atoms with van der Waals surface area (Å²) in [6, 6.07) is 15.0. The molecule has 0 aliphatic heterocycles. The maximum absolute atomic E-state index is 13.5. The van der Waals surface area contributed by atoms with Crippen LogP contribution in [0.15, 0.2) is 71.9 Å². The number of nitrogens with one attached hydrogen (secondary N) is 2. The number of halogens is 1. The predicted octanol–water partition coefficient (Wildman–Crippen LogP) is 5.37. The molecule has 218 valence electrons. The summed E-state index contributed by atoms with van der Waals surface area (Å²) in [5.41, 5.74) is 3.65. The zero-order valence-electron chi connectivity index (χ0n) is 23.7. The van der Waals surface area contributed by atoms with Gasteiger partial charge in [-0.25, -0.2) is 4.79 Å². The maximum Gasteiger partial charge on any atom is 0.408 e. The quantitative estimate of drug-likeness (QED) is 0.271. The molecule has 1 saturated carbocycles. The first-order valence-electron chi connectivity index (χ1n) is 13.9. The zero-order chi connectivity index (χ0) is 29.8. The molecule has 1 fully saturated rings. The highest BCUT2D eigenvalue weighted by atomic mass is 35.5. The van der Waals surface area contributed by atoms with E-state index in [-0.39, 0.29) is 24.1 Å². The van der Waals surface area contributed by atoms with Gasteiger partial charge in [-0.3, -0.25) is 9.59 Å². The van der Waals surface area contributed by atoms with Crippen LogP contribution in [-0.4, -0.2) is 43.5 Å². The van der Waals surface area contributed by atoms with Crippen LogP contribution in [0.1, 0.15) is 44.7 Å². The Balaban J connectivity index is 1.38.